The average molecular weight is 343 g/mol. The van der Waals surface area contributed by atoms with Crippen molar-refractivity contribution in [3.8, 4) is 22.4 Å². The van der Waals surface area contributed by atoms with Crippen LogP contribution in [0.15, 0.2) is 66.9 Å². The first-order valence-electron chi connectivity index (χ1n) is 8.82. The van der Waals surface area contributed by atoms with Crippen molar-refractivity contribution < 1.29 is 4.84 Å². The SMILES string of the molecule is CC1C/C(=C\ON)c2cc(-c3ccc(-c4ccccc4)cc3)nnc2C1. The molecular formula is C22H21N3O. The molecule has 1 atom stereocenters. The molecule has 130 valence electrons. The molecular weight excluding hydrogens is 322 g/mol. The highest BCUT2D eigenvalue weighted by Gasteiger charge is 2.22. The van der Waals surface area contributed by atoms with Gasteiger partial charge < -0.3 is 4.84 Å². The number of aromatic nitrogens is 2. The zero-order valence-corrected chi connectivity index (χ0v) is 14.7. The molecule has 4 nitrogen and oxygen atoms in total. The first-order valence-corrected chi connectivity index (χ1v) is 8.82. The molecule has 0 saturated carbocycles. The normalized spacial score (nSPS) is 17.8. The van der Waals surface area contributed by atoms with E-state index in [1.807, 2.05) is 18.2 Å². The molecule has 1 aliphatic rings. The molecule has 1 aliphatic carbocycles. The molecule has 3 aromatic rings. The minimum absolute atomic E-state index is 0.509. The van der Waals surface area contributed by atoms with E-state index in [9.17, 15) is 0 Å². The van der Waals surface area contributed by atoms with Crippen LogP contribution < -0.4 is 5.90 Å². The molecule has 4 heteroatoms. The Morgan fingerprint density at radius 3 is 2.35 bits per heavy atom. The van der Waals surface area contributed by atoms with Crippen LogP contribution in [0.2, 0.25) is 0 Å². The second-order valence-corrected chi connectivity index (χ2v) is 6.83. The van der Waals surface area contributed by atoms with Crippen molar-refractivity contribution in [2.45, 2.75) is 19.8 Å². The largest absolute Gasteiger partial charge is 0.419 e. The molecule has 2 aromatic carbocycles. The fourth-order valence-electron chi connectivity index (χ4n) is 3.53. The van der Waals surface area contributed by atoms with Crippen LogP contribution in [0.1, 0.15) is 24.6 Å². The fraction of sp³-hybridized carbons (Fsp3) is 0.182. The number of benzene rings is 2. The molecule has 1 unspecified atom stereocenters. The molecule has 1 heterocycles. The minimum atomic E-state index is 0.509. The molecule has 0 radical (unpaired) electrons. The van der Waals surface area contributed by atoms with E-state index in [0.717, 1.165) is 40.9 Å². The molecule has 0 spiro atoms. The van der Waals surface area contributed by atoms with E-state index in [-0.39, 0.29) is 0 Å². The van der Waals surface area contributed by atoms with Gasteiger partial charge in [-0.2, -0.15) is 16.1 Å². The number of fused-ring (bicyclic) bond motifs is 1. The number of rotatable bonds is 3. The van der Waals surface area contributed by atoms with Gasteiger partial charge in [0.05, 0.1) is 11.4 Å². The van der Waals surface area contributed by atoms with Crippen LogP contribution in [0, 0.1) is 5.92 Å². The lowest BCUT2D eigenvalue weighted by Crippen LogP contribution is -2.14. The fourth-order valence-corrected chi connectivity index (χ4v) is 3.53. The Morgan fingerprint density at radius 1 is 0.923 bits per heavy atom. The molecule has 0 bridgehead atoms. The lowest BCUT2D eigenvalue weighted by atomic mass is 9.84. The summed E-state index contributed by atoms with van der Waals surface area (Å²) in [7, 11) is 0. The maximum absolute atomic E-state index is 5.27. The monoisotopic (exact) mass is 343 g/mol. The Bertz CT molecular complexity index is 933. The van der Waals surface area contributed by atoms with Crippen LogP contribution in [0.4, 0.5) is 0 Å². The minimum Gasteiger partial charge on any atom is -0.419 e. The summed E-state index contributed by atoms with van der Waals surface area (Å²) in [6.45, 7) is 2.20. The highest BCUT2D eigenvalue weighted by molar-refractivity contribution is 5.74. The average Bonchev–Trinajstić information content (AvgIpc) is 2.69. The van der Waals surface area contributed by atoms with Gasteiger partial charge in [0.15, 0.2) is 0 Å². The van der Waals surface area contributed by atoms with Crippen LogP contribution in [0.5, 0.6) is 0 Å². The van der Waals surface area contributed by atoms with Crippen molar-refractivity contribution in [3.63, 3.8) is 0 Å². The first kappa shape index (κ1) is 16.5. The smallest absolute Gasteiger partial charge is 0.114 e. The maximum atomic E-state index is 5.27. The van der Waals surface area contributed by atoms with Crippen LogP contribution in [0.25, 0.3) is 28.0 Å². The molecule has 1 aromatic heterocycles. The van der Waals surface area contributed by atoms with Gasteiger partial charge in [0.1, 0.15) is 6.26 Å². The maximum Gasteiger partial charge on any atom is 0.114 e. The van der Waals surface area contributed by atoms with Crippen LogP contribution >= 0.6 is 0 Å². The van der Waals surface area contributed by atoms with Crippen LogP contribution in [0.3, 0.4) is 0 Å². The Kier molecular flexibility index (Phi) is 4.50. The van der Waals surface area contributed by atoms with Gasteiger partial charge in [-0.1, -0.05) is 61.5 Å². The summed E-state index contributed by atoms with van der Waals surface area (Å²) in [5, 5.41) is 8.92. The number of allylic oxidation sites excluding steroid dienone is 1. The predicted octanol–water partition coefficient (Wildman–Crippen LogP) is 4.62. The van der Waals surface area contributed by atoms with E-state index in [1.165, 1.54) is 11.1 Å². The van der Waals surface area contributed by atoms with Crippen LogP contribution in [-0.2, 0) is 11.3 Å². The van der Waals surface area contributed by atoms with Crippen LogP contribution in [-0.4, -0.2) is 10.2 Å². The second kappa shape index (κ2) is 7.10. The third kappa shape index (κ3) is 3.24. The number of hydrogen-bond acceptors (Lipinski definition) is 4. The van der Waals surface area contributed by atoms with Crippen molar-refractivity contribution >= 4 is 5.57 Å². The molecule has 26 heavy (non-hydrogen) atoms. The van der Waals surface area contributed by atoms with E-state index < -0.39 is 0 Å². The molecule has 0 aliphatic heterocycles. The van der Waals surface area contributed by atoms with Gasteiger partial charge in [0.2, 0.25) is 0 Å². The summed E-state index contributed by atoms with van der Waals surface area (Å²) in [6.07, 6.45) is 3.48. The topological polar surface area (TPSA) is 61.0 Å². The van der Waals surface area contributed by atoms with Crippen molar-refractivity contribution in [1.29, 1.82) is 0 Å². The molecule has 0 amide bonds. The Morgan fingerprint density at radius 2 is 1.62 bits per heavy atom. The van der Waals surface area contributed by atoms with Gasteiger partial charge in [0.25, 0.3) is 0 Å². The summed E-state index contributed by atoms with van der Waals surface area (Å²) in [5.41, 5.74) is 7.48. The Balaban J connectivity index is 1.69. The highest BCUT2D eigenvalue weighted by Crippen LogP contribution is 2.34. The van der Waals surface area contributed by atoms with E-state index in [1.54, 1.807) is 6.26 Å². The summed E-state index contributed by atoms with van der Waals surface area (Å²) >= 11 is 0. The summed E-state index contributed by atoms with van der Waals surface area (Å²) in [4.78, 5) is 4.79. The van der Waals surface area contributed by atoms with E-state index in [0.29, 0.717) is 5.92 Å². The lowest BCUT2D eigenvalue weighted by molar-refractivity contribution is 0.261. The standard InChI is InChI=1S/C22H21N3O/c1-15-11-19(14-26-23)20-13-21(24-25-22(20)12-15)18-9-7-17(8-10-18)16-5-3-2-4-6-16/h2-10,13-15H,11-12,23H2,1H3/b19-14+. The van der Waals surface area contributed by atoms with Gasteiger partial charge >= 0.3 is 0 Å². The van der Waals surface area contributed by atoms with E-state index in [2.05, 4.69) is 59.6 Å². The number of nitrogens with zero attached hydrogens (tertiary/aromatic N) is 2. The summed E-state index contributed by atoms with van der Waals surface area (Å²) < 4.78 is 0. The number of nitrogens with two attached hydrogens (primary N) is 1. The predicted molar refractivity (Wildman–Crippen MR) is 104 cm³/mol. The van der Waals surface area contributed by atoms with E-state index in [4.69, 9.17) is 10.7 Å². The summed E-state index contributed by atoms with van der Waals surface area (Å²) in [6, 6.07) is 20.9. The van der Waals surface area contributed by atoms with E-state index >= 15 is 0 Å². The van der Waals surface area contributed by atoms with Gasteiger partial charge in [0, 0.05) is 11.1 Å². The summed E-state index contributed by atoms with van der Waals surface area (Å²) in [5.74, 6) is 5.78. The lowest BCUT2D eigenvalue weighted by Gasteiger charge is -2.22. The van der Waals surface area contributed by atoms with Gasteiger partial charge in [-0.3, -0.25) is 0 Å². The quantitative estimate of drug-likeness (QED) is 0.556. The molecule has 2 N–H and O–H groups in total. The Hall–Kier alpha value is -2.98. The molecule has 0 saturated heterocycles. The first-order chi connectivity index (χ1) is 12.7. The van der Waals surface area contributed by atoms with Crippen molar-refractivity contribution in [3.05, 3.63) is 78.2 Å². The van der Waals surface area contributed by atoms with Crippen molar-refractivity contribution in [2.75, 3.05) is 0 Å². The van der Waals surface area contributed by atoms with Gasteiger partial charge in [-0.05, 0) is 41.5 Å². The zero-order valence-electron chi connectivity index (χ0n) is 14.7. The van der Waals surface area contributed by atoms with Crippen molar-refractivity contribution in [1.82, 2.24) is 10.2 Å². The van der Waals surface area contributed by atoms with Gasteiger partial charge in [-0.15, -0.1) is 0 Å². The number of hydrogen-bond donors (Lipinski definition) is 1. The van der Waals surface area contributed by atoms with Crippen molar-refractivity contribution in [2.24, 2.45) is 11.8 Å². The second-order valence-electron chi connectivity index (χ2n) is 6.83. The molecule has 0 fully saturated rings. The highest BCUT2D eigenvalue weighted by atomic mass is 16.6. The zero-order chi connectivity index (χ0) is 17.9. The third-order valence-corrected chi connectivity index (χ3v) is 4.82. The molecule has 4 rings (SSSR count). The Labute approximate surface area is 153 Å². The van der Waals surface area contributed by atoms with Gasteiger partial charge in [-0.25, -0.2) is 0 Å². The third-order valence-electron chi connectivity index (χ3n) is 4.82.